The van der Waals surface area contributed by atoms with E-state index in [9.17, 15) is 9.59 Å². The Balaban J connectivity index is 1.45. The molecule has 0 atom stereocenters. The topological polar surface area (TPSA) is 95.1 Å². The Labute approximate surface area is 155 Å². The minimum atomic E-state index is -0.228. The standard InChI is InChI=1S/C19H18N6O2/c26-18-2-1-17(22-23-18)24-7-9-25(10-8-24)19(27)16-11-15(12-21-13-16)14-3-5-20-6-4-14/h1-6,11-13H,7-10H2,(H,23,26). The molecular weight excluding hydrogens is 344 g/mol. The second kappa shape index (κ2) is 7.36. The van der Waals surface area contributed by atoms with Crippen LogP contribution in [0.25, 0.3) is 11.1 Å². The van der Waals surface area contributed by atoms with E-state index in [1.807, 2.05) is 28.0 Å². The van der Waals surface area contributed by atoms with Crippen molar-refractivity contribution in [3.05, 3.63) is 71.0 Å². The maximum absolute atomic E-state index is 12.9. The molecule has 0 saturated carbocycles. The van der Waals surface area contributed by atoms with Gasteiger partial charge in [0.05, 0.1) is 5.56 Å². The van der Waals surface area contributed by atoms with Crippen molar-refractivity contribution in [2.45, 2.75) is 0 Å². The molecule has 4 rings (SSSR count). The van der Waals surface area contributed by atoms with Crippen LogP contribution in [0.4, 0.5) is 5.82 Å². The fourth-order valence-corrected chi connectivity index (χ4v) is 3.09. The van der Waals surface area contributed by atoms with E-state index in [4.69, 9.17) is 0 Å². The van der Waals surface area contributed by atoms with Gasteiger partial charge in [-0.3, -0.25) is 19.6 Å². The smallest absolute Gasteiger partial charge is 0.264 e. The highest BCUT2D eigenvalue weighted by Gasteiger charge is 2.23. The SMILES string of the molecule is O=C(c1cncc(-c2ccncc2)c1)N1CCN(c2ccc(=O)[nH]n2)CC1. The molecule has 1 amide bonds. The van der Waals surface area contributed by atoms with Gasteiger partial charge in [0.25, 0.3) is 11.5 Å². The van der Waals surface area contributed by atoms with Gasteiger partial charge in [0.15, 0.2) is 0 Å². The number of hydrogen-bond acceptors (Lipinski definition) is 6. The van der Waals surface area contributed by atoms with Gasteiger partial charge in [-0.25, -0.2) is 5.10 Å². The first-order valence-corrected chi connectivity index (χ1v) is 8.66. The lowest BCUT2D eigenvalue weighted by Gasteiger charge is -2.35. The van der Waals surface area contributed by atoms with Gasteiger partial charge < -0.3 is 9.80 Å². The fraction of sp³-hybridized carbons (Fsp3) is 0.211. The number of pyridine rings is 2. The number of amides is 1. The van der Waals surface area contributed by atoms with E-state index in [0.29, 0.717) is 37.6 Å². The summed E-state index contributed by atoms with van der Waals surface area (Å²) in [5.41, 5.74) is 2.20. The molecule has 0 aliphatic carbocycles. The van der Waals surface area contributed by atoms with Crippen molar-refractivity contribution in [2.75, 3.05) is 31.1 Å². The molecule has 0 spiro atoms. The quantitative estimate of drug-likeness (QED) is 0.752. The van der Waals surface area contributed by atoms with Crippen LogP contribution in [0.15, 0.2) is 59.9 Å². The number of hydrogen-bond donors (Lipinski definition) is 1. The molecule has 8 heteroatoms. The van der Waals surface area contributed by atoms with Gasteiger partial charge >= 0.3 is 0 Å². The lowest BCUT2D eigenvalue weighted by molar-refractivity contribution is 0.0746. The minimum absolute atomic E-state index is 0.0347. The van der Waals surface area contributed by atoms with Gasteiger partial charge in [-0.1, -0.05) is 0 Å². The Kier molecular flexibility index (Phi) is 4.61. The van der Waals surface area contributed by atoms with Crippen molar-refractivity contribution in [1.29, 1.82) is 0 Å². The summed E-state index contributed by atoms with van der Waals surface area (Å²) in [4.78, 5) is 36.1. The molecule has 27 heavy (non-hydrogen) atoms. The van der Waals surface area contributed by atoms with Crippen LogP contribution in [0, 0.1) is 0 Å². The molecule has 136 valence electrons. The molecule has 1 fully saturated rings. The van der Waals surface area contributed by atoms with E-state index in [-0.39, 0.29) is 11.5 Å². The summed E-state index contributed by atoms with van der Waals surface area (Å²) in [5, 5.41) is 6.48. The number of carbonyl (C=O) groups excluding carboxylic acids is 1. The zero-order valence-corrected chi connectivity index (χ0v) is 14.6. The highest BCUT2D eigenvalue weighted by Crippen LogP contribution is 2.20. The van der Waals surface area contributed by atoms with E-state index in [2.05, 4.69) is 20.2 Å². The number of H-pyrrole nitrogens is 1. The zero-order valence-electron chi connectivity index (χ0n) is 14.6. The van der Waals surface area contributed by atoms with Crippen molar-refractivity contribution in [3.63, 3.8) is 0 Å². The number of aromatic amines is 1. The van der Waals surface area contributed by atoms with Crippen LogP contribution in [-0.4, -0.2) is 57.2 Å². The molecule has 0 unspecified atom stereocenters. The van der Waals surface area contributed by atoms with Crippen molar-refractivity contribution >= 4 is 11.7 Å². The van der Waals surface area contributed by atoms with Crippen LogP contribution in [0.1, 0.15) is 10.4 Å². The molecule has 1 N–H and O–H groups in total. The van der Waals surface area contributed by atoms with Gasteiger partial charge in [-0.05, 0) is 29.8 Å². The molecular formula is C19H18N6O2. The Morgan fingerprint density at radius 1 is 0.926 bits per heavy atom. The third-order valence-corrected chi connectivity index (χ3v) is 4.55. The van der Waals surface area contributed by atoms with E-state index < -0.39 is 0 Å². The van der Waals surface area contributed by atoms with Gasteiger partial charge in [-0.2, -0.15) is 5.10 Å². The normalized spacial score (nSPS) is 14.2. The average Bonchev–Trinajstić information content (AvgIpc) is 2.75. The van der Waals surface area contributed by atoms with E-state index in [1.165, 1.54) is 6.07 Å². The molecule has 3 aromatic heterocycles. The van der Waals surface area contributed by atoms with Crippen molar-refractivity contribution in [1.82, 2.24) is 25.1 Å². The molecule has 1 aliphatic rings. The first-order chi connectivity index (χ1) is 13.2. The summed E-state index contributed by atoms with van der Waals surface area (Å²) in [6, 6.07) is 8.79. The Morgan fingerprint density at radius 3 is 2.41 bits per heavy atom. The first kappa shape index (κ1) is 16.9. The summed E-state index contributed by atoms with van der Waals surface area (Å²) in [5.74, 6) is 0.676. The second-order valence-electron chi connectivity index (χ2n) is 6.26. The molecule has 0 bridgehead atoms. The molecule has 0 aromatic carbocycles. The predicted octanol–water partition coefficient (Wildman–Crippen LogP) is 1.19. The Bertz CT molecular complexity index is 976. The van der Waals surface area contributed by atoms with E-state index in [1.54, 1.807) is 30.9 Å². The third kappa shape index (κ3) is 3.69. The van der Waals surface area contributed by atoms with Crippen LogP contribution in [-0.2, 0) is 0 Å². The summed E-state index contributed by atoms with van der Waals surface area (Å²) < 4.78 is 0. The fourth-order valence-electron chi connectivity index (χ4n) is 3.09. The maximum atomic E-state index is 12.9. The number of piperazine rings is 1. The first-order valence-electron chi connectivity index (χ1n) is 8.66. The Hall–Kier alpha value is -3.55. The molecule has 1 aliphatic heterocycles. The predicted molar refractivity (Wildman–Crippen MR) is 100 cm³/mol. The largest absolute Gasteiger partial charge is 0.352 e. The number of nitrogens with one attached hydrogen (secondary N) is 1. The van der Waals surface area contributed by atoms with Crippen molar-refractivity contribution in [3.8, 4) is 11.1 Å². The third-order valence-electron chi connectivity index (χ3n) is 4.55. The van der Waals surface area contributed by atoms with E-state index >= 15 is 0 Å². The second-order valence-corrected chi connectivity index (χ2v) is 6.26. The van der Waals surface area contributed by atoms with Crippen LogP contribution in [0.5, 0.6) is 0 Å². The molecule has 4 heterocycles. The Morgan fingerprint density at radius 2 is 1.70 bits per heavy atom. The van der Waals surface area contributed by atoms with Gasteiger partial charge in [0.1, 0.15) is 5.82 Å². The highest BCUT2D eigenvalue weighted by atomic mass is 16.2. The monoisotopic (exact) mass is 362 g/mol. The van der Waals surface area contributed by atoms with E-state index in [0.717, 1.165) is 11.1 Å². The van der Waals surface area contributed by atoms with Crippen LogP contribution >= 0.6 is 0 Å². The molecule has 8 nitrogen and oxygen atoms in total. The zero-order chi connectivity index (χ0) is 18.6. The van der Waals surface area contributed by atoms with Crippen molar-refractivity contribution < 1.29 is 4.79 Å². The summed E-state index contributed by atoms with van der Waals surface area (Å²) >= 11 is 0. The number of carbonyl (C=O) groups is 1. The summed E-state index contributed by atoms with van der Waals surface area (Å²) in [6.07, 6.45) is 6.77. The number of rotatable bonds is 3. The molecule has 3 aromatic rings. The summed E-state index contributed by atoms with van der Waals surface area (Å²) in [6.45, 7) is 2.47. The molecule has 1 saturated heterocycles. The lowest BCUT2D eigenvalue weighted by Crippen LogP contribution is -2.49. The minimum Gasteiger partial charge on any atom is -0.352 e. The number of nitrogens with zero attached hydrogens (tertiary/aromatic N) is 5. The van der Waals surface area contributed by atoms with Crippen LogP contribution in [0.3, 0.4) is 0 Å². The van der Waals surface area contributed by atoms with Crippen LogP contribution < -0.4 is 10.5 Å². The number of anilines is 1. The van der Waals surface area contributed by atoms with Crippen molar-refractivity contribution in [2.24, 2.45) is 0 Å². The maximum Gasteiger partial charge on any atom is 0.264 e. The number of aromatic nitrogens is 4. The average molecular weight is 362 g/mol. The lowest BCUT2D eigenvalue weighted by atomic mass is 10.1. The van der Waals surface area contributed by atoms with Gasteiger partial charge in [0, 0.05) is 62.6 Å². The summed E-state index contributed by atoms with van der Waals surface area (Å²) in [7, 11) is 0. The van der Waals surface area contributed by atoms with Crippen LogP contribution in [0.2, 0.25) is 0 Å². The highest BCUT2D eigenvalue weighted by molar-refractivity contribution is 5.95. The van der Waals surface area contributed by atoms with Gasteiger partial charge in [-0.15, -0.1) is 0 Å². The molecule has 0 radical (unpaired) electrons. The van der Waals surface area contributed by atoms with Gasteiger partial charge in [0.2, 0.25) is 0 Å².